The number of rotatable bonds is 5. The van der Waals surface area contributed by atoms with E-state index in [1.54, 1.807) is 19.1 Å². The third-order valence-corrected chi connectivity index (χ3v) is 2.57. The summed E-state index contributed by atoms with van der Waals surface area (Å²) in [6, 6.07) is 2.90. The van der Waals surface area contributed by atoms with Gasteiger partial charge in [0, 0.05) is 0 Å². The highest BCUT2D eigenvalue weighted by Gasteiger charge is 2.32. The highest BCUT2D eigenvalue weighted by molar-refractivity contribution is 5.85. The van der Waals surface area contributed by atoms with Gasteiger partial charge in [-0.2, -0.15) is 0 Å². The number of carbonyl (C=O) groups is 2. The van der Waals surface area contributed by atoms with E-state index >= 15 is 0 Å². The molecule has 0 saturated heterocycles. The maximum Gasteiger partial charge on any atom is 0.329 e. The van der Waals surface area contributed by atoms with E-state index in [9.17, 15) is 9.59 Å². The summed E-state index contributed by atoms with van der Waals surface area (Å²) < 4.78 is 5.03. The molecule has 0 bridgehead atoms. The molecule has 17 heavy (non-hydrogen) atoms. The van der Waals surface area contributed by atoms with Gasteiger partial charge in [0.2, 0.25) is 0 Å². The van der Waals surface area contributed by atoms with Crippen molar-refractivity contribution in [2.75, 3.05) is 0 Å². The third kappa shape index (κ3) is 3.51. The Labute approximate surface area is 99.0 Å². The van der Waals surface area contributed by atoms with Gasteiger partial charge in [-0.3, -0.25) is 0 Å². The monoisotopic (exact) mass is 240 g/mol. The van der Waals surface area contributed by atoms with Gasteiger partial charge in [-0.25, -0.2) is 9.59 Å². The van der Waals surface area contributed by atoms with Gasteiger partial charge in [0.25, 0.3) is 0 Å². The molecule has 1 unspecified atom stereocenters. The van der Waals surface area contributed by atoms with Crippen LogP contribution in [0.3, 0.4) is 0 Å². The molecule has 94 valence electrons. The number of urea groups is 1. The molecule has 1 heterocycles. The van der Waals surface area contributed by atoms with Gasteiger partial charge < -0.3 is 20.2 Å². The first kappa shape index (κ1) is 13.1. The molecular formula is C11H16N2O4. The first-order valence-corrected chi connectivity index (χ1v) is 5.29. The molecule has 0 spiro atoms. The number of amides is 2. The molecule has 0 saturated carbocycles. The molecule has 1 aromatic heterocycles. The smallest absolute Gasteiger partial charge is 0.329 e. The van der Waals surface area contributed by atoms with Crippen LogP contribution in [0.1, 0.15) is 26.0 Å². The Kier molecular flexibility index (Phi) is 4.14. The lowest BCUT2D eigenvalue weighted by atomic mass is 10.00. The molecule has 6 heteroatoms. The maximum absolute atomic E-state index is 11.5. The molecule has 0 aliphatic rings. The van der Waals surface area contributed by atoms with Crippen molar-refractivity contribution in [2.24, 2.45) is 0 Å². The zero-order chi connectivity index (χ0) is 12.9. The van der Waals surface area contributed by atoms with Crippen LogP contribution in [0.15, 0.2) is 22.8 Å². The number of hydrogen-bond donors (Lipinski definition) is 3. The van der Waals surface area contributed by atoms with Gasteiger partial charge in [0.05, 0.1) is 12.8 Å². The molecular weight excluding hydrogens is 224 g/mol. The van der Waals surface area contributed by atoms with Crippen molar-refractivity contribution >= 4 is 12.0 Å². The van der Waals surface area contributed by atoms with Crippen molar-refractivity contribution in [1.29, 1.82) is 0 Å². The van der Waals surface area contributed by atoms with Crippen LogP contribution < -0.4 is 10.6 Å². The van der Waals surface area contributed by atoms with Gasteiger partial charge in [0.15, 0.2) is 0 Å². The molecule has 3 N–H and O–H groups in total. The number of carbonyl (C=O) groups excluding carboxylic acids is 1. The van der Waals surface area contributed by atoms with E-state index in [0.717, 1.165) is 0 Å². The van der Waals surface area contributed by atoms with E-state index in [1.807, 2.05) is 0 Å². The first-order valence-electron chi connectivity index (χ1n) is 5.29. The minimum atomic E-state index is -1.26. The van der Waals surface area contributed by atoms with Gasteiger partial charge in [-0.05, 0) is 25.5 Å². The maximum atomic E-state index is 11.5. The van der Waals surface area contributed by atoms with E-state index < -0.39 is 17.5 Å². The number of furan rings is 1. The van der Waals surface area contributed by atoms with Gasteiger partial charge in [-0.15, -0.1) is 0 Å². The van der Waals surface area contributed by atoms with Crippen LogP contribution in [-0.2, 0) is 11.3 Å². The summed E-state index contributed by atoms with van der Waals surface area (Å²) in [5.41, 5.74) is -1.26. The topological polar surface area (TPSA) is 91.6 Å². The molecule has 1 atom stereocenters. The summed E-state index contributed by atoms with van der Waals surface area (Å²) in [5, 5.41) is 13.9. The molecule has 0 radical (unpaired) electrons. The Morgan fingerprint density at radius 2 is 2.24 bits per heavy atom. The molecule has 6 nitrogen and oxygen atoms in total. The number of carboxylic acid groups (broad SMARTS) is 1. The summed E-state index contributed by atoms with van der Waals surface area (Å²) in [7, 11) is 0. The Morgan fingerprint density at radius 1 is 1.53 bits per heavy atom. The SMILES string of the molecule is CCC(C)(NC(=O)NCc1ccco1)C(=O)O. The van der Waals surface area contributed by atoms with Crippen molar-refractivity contribution < 1.29 is 19.1 Å². The van der Waals surface area contributed by atoms with Crippen LogP contribution in [0.25, 0.3) is 0 Å². The molecule has 0 aromatic carbocycles. The molecule has 1 rings (SSSR count). The third-order valence-electron chi connectivity index (χ3n) is 2.57. The van der Waals surface area contributed by atoms with Gasteiger partial charge in [-0.1, -0.05) is 6.92 Å². The zero-order valence-electron chi connectivity index (χ0n) is 9.82. The first-order chi connectivity index (χ1) is 7.98. The second kappa shape index (κ2) is 5.38. The van der Waals surface area contributed by atoms with Crippen LogP contribution in [0, 0.1) is 0 Å². The summed E-state index contributed by atoms with van der Waals surface area (Å²) in [4.78, 5) is 22.4. The van der Waals surface area contributed by atoms with Crippen LogP contribution in [0.5, 0.6) is 0 Å². The number of nitrogens with one attached hydrogen (secondary N) is 2. The summed E-state index contributed by atoms with van der Waals surface area (Å²) in [5.74, 6) is -0.457. The van der Waals surface area contributed by atoms with Crippen LogP contribution in [0.2, 0.25) is 0 Å². The molecule has 0 fully saturated rings. The fraction of sp³-hybridized carbons (Fsp3) is 0.455. The highest BCUT2D eigenvalue weighted by Crippen LogP contribution is 2.08. The van der Waals surface area contributed by atoms with E-state index in [0.29, 0.717) is 12.2 Å². The zero-order valence-corrected chi connectivity index (χ0v) is 9.82. The Balaban J connectivity index is 2.46. The predicted molar refractivity (Wildman–Crippen MR) is 60.4 cm³/mol. The quantitative estimate of drug-likeness (QED) is 0.724. The minimum Gasteiger partial charge on any atom is -0.480 e. The summed E-state index contributed by atoms with van der Waals surface area (Å²) >= 11 is 0. The van der Waals surface area contributed by atoms with Crippen molar-refractivity contribution in [3.63, 3.8) is 0 Å². The highest BCUT2D eigenvalue weighted by atomic mass is 16.4. The number of hydrogen-bond acceptors (Lipinski definition) is 3. The lowest BCUT2D eigenvalue weighted by Crippen LogP contribution is -2.54. The lowest BCUT2D eigenvalue weighted by molar-refractivity contribution is -0.143. The van der Waals surface area contributed by atoms with Crippen molar-refractivity contribution in [3.05, 3.63) is 24.2 Å². The van der Waals surface area contributed by atoms with Gasteiger partial charge in [0.1, 0.15) is 11.3 Å². The van der Waals surface area contributed by atoms with Gasteiger partial charge >= 0.3 is 12.0 Å². The Hall–Kier alpha value is -1.98. The normalized spacial score (nSPS) is 13.8. The predicted octanol–water partition coefficient (Wildman–Crippen LogP) is 1.33. The Morgan fingerprint density at radius 3 is 2.71 bits per heavy atom. The molecule has 0 aliphatic carbocycles. The second-order valence-electron chi connectivity index (χ2n) is 3.88. The molecule has 2 amide bonds. The van der Waals surface area contributed by atoms with Crippen LogP contribution in [-0.4, -0.2) is 22.6 Å². The van der Waals surface area contributed by atoms with Crippen molar-refractivity contribution in [2.45, 2.75) is 32.4 Å². The second-order valence-corrected chi connectivity index (χ2v) is 3.88. The number of carboxylic acids is 1. The summed E-state index contributed by atoms with van der Waals surface area (Å²) in [6.07, 6.45) is 1.80. The van der Waals surface area contributed by atoms with Crippen molar-refractivity contribution in [1.82, 2.24) is 10.6 Å². The molecule has 0 aliphatic heterocycles. The van der Waals surface area contributed by atoms with E-state index in [4.69, 9.17) is 9.52 Å². The van der Waals surface area contributed by atoms with Crippen LogP contribution >= 0.6 is 0 Å². The largest absolute Gasteiger partial charge is 0.480 e. The van der Waals surface area contributed by atoms with E-state index in [2.05, 4.69) is 10.6 Å². The fourth-order valence-corrected chi connectivity index (χ4v) is 1.17. The van der Waals surface area contributed by atoms with Crippen molar-refractivity contribution in [3.8, 4) is 0 Å². The summed E-state index contributed by atoms with van der Waals surface area (Å²) in [6.45, 7) is 3.38. The minimum absolute atomic E-state index is 0.220. The average molecular weight is 240 g/mol. The molecule has 1 aromatic rings. The Bertz CT molecular complexity index is 388. The standard InChI is InChI=1S/C11H16N2O4/c1-3-11(2,9(14)15)13-10(16)12-7-8-5-4-6-17-8/h4-6H,3,7H2,1-2H3,(H,14,15)(H2,12,13,16). The lowest BCUT2D eigenvalue weighted by Gasteiger charge is -2.24. The fourth-order valence-electron chi connectivity index (χ4n) is 1.17. The van der Waals surface area contributed by atoms with Crippen LogP contribution in [0.4, 0.5) is 4.79 Å². The van der Waals surface area contributed by atoms with E-state index in [1.165, 1.54) is 13.2 Å². The number of aliphatic carboxylic acids is 1. The van der Waals surface area contributed by atoms with E-state index in [-0.39, 0.29) is 6.54 Å². The average Bonchev–Trinajstić information content (AvgIpc) is 2.78.